The van der Waals surface area contributed by atoms with E-state index in [0.29, 0.717) is 39.8 Å². The molecule has 0 bridgehead atoms. The summed E-state index contributed by atoms with van der Waals surface area (Å²) >= 11 is 5.97. The maximum absolute atomic E-state index is 10.2. The molecule has 6 nitrogen and oxygen atoms in total. The fourth-order valence-corrected chi connectivity index (χ4v) is 4.02. The van der Waals surface area contributed by atoms with Crippen molar-refractivity contribution in [1.82, 2.24) is 19.7 Å². The van der Waals surface area contributed by atoms with Crippen LogP contribution < -0.4 is 0 Å². The molecular weight excluding hydrogens is 328 g/mol. The maximum Gasteiger partial charge on any atom is 0.200 e. The van der Waals surface area contributed by atoms with Gasteiger partial charge >= 0.3 is 0 Å². The normalized spacial score (nSPS) is 25.2. The van der Waals surface area contributed by atoms with Gasteiger partial charge in [-0.3, -0.25) is 4.68 Å². The van der Waals surface area contributed by atoms with Crippen molar-refractivity contribution < 1.29 is 9.84 Å². The van der Waals surface area contributed by atoms with Crippen LogP contribution in [-0.2, 0) is 4.74 Å². The molecule has 2 aromatic heterocycles. The van der Waals surface area contributed by atoms with E-state index in [-0.39, 0.29) is 5.75 Å². The lowest BCUT2D eigenvalue weighted by molar-refractivity contribution is 0.150. The highest BCUT2D eigenvalue weighted by Gasteiger charge is 2.55. The third kappa shape index (κ3) is 2.03. The number of benzene rings is 1. The second-order valence-corrected chi connectivity index (χ2v) is 6.98. The van der Waals surface area contributed by atoms with Crippen molar-refractivity contribution in [3.63, 3.8) is 0 Å². The number of ether oxygens (including phenoxy) is 1. The highest BCUT2D eigenvalue weighted by atomic mass is 35.5. The van der Waals surface area contributed by atoms with Gasteiger partial charge in [-0.1, -0.05) is 11.6 Å². The first-order chi connectivity index (χ1) is 11.6. The summed E-state index contributed by atoms with van der Waals surface area (Å²) in [5.41, 5.74) is 3.43. The Morgan fingerprint density at radius 3 is 2.83 bits per heavy atom. The topological polar surface area (TPSA) is 73.1 Å². The first kappa shape index (κ1) is 14.2. The molecule has 122 valence electrons. The van der Waals surface area contributed by atoms with Crippen LogP contribution in [0, 0.1) is 18.8 Å². The largest absolute Gasteiger partial charge is 0.507 e. The van der Waals surface area contributed by atoms with Gasteiger partial charge in [0.1, 0.15) is 11.3 Å². The summed E-state index contributed by atoms with van der Waals surface area (Å²) < 4.78 is 7.41. The molecule has 0 amide bonds. The zero-order valence-electron chi connectivity index (χ0n) is 13.0. The molecule has 7 heteroatoms. The Balaban J connectivity index is 1.57. The van der Waals surface area contributed by atoms with E-state index in [1.54, 1.807) is 12.3 Å². The van der Waals surface area contributed by atoms with Crippen LogP contribution in [0.5, 0.6) is 5.75 Å². The Morgan fingerprint density at radius 1 is 1.29 bits per heavy atom. The number of aryl methyl sites for hydroxylation is 1. The number of phenols is 1. The molecule has 1 unspecified atom stereocenters. The van der Waals surface area contributed by atoms with Crippen molar-refractivity contribution in [2.75, 3.05) is 13.2 Å². The van der Waals surface area contributed by atoms with Crippen molar-refractivity contribution in [3.8, 4) is 17.0 Å². The van der Waals surface area contributed by atoms with Crippen LogP contribution in [0.4, 0.5) is 0 Å². The predicted octanol–water partition coefficient (Wildman–Crippen LogP) is 2.98. The average Bonchev–Trinajstić information content (AvgIpc) is 2.88. The molecule has 2 fully saturated rings. The molecule has 1 aliphatic heterocycles. The van der Waals surface area contributed by atoms with Gasteiger partial charge in [0.2, 0.25) is 0 Å². The number of aromatic hydroxyl groups is 1. The molecule has 1 saturated heterocycles. The Morgan fingerprint density at radius 2 is 2.08 bits per heavy atom. The quantitative estimate of drug-likeness (QED) is 0.775. The number of aromatic nitrogens is 4. The average molecular weight is 343 g/mol. The number of fused-ring (bicyclic) bond motifs is 2. The molecule has 2 aliphatic rings. The lowest BCUT2D eigenvalue weighted by Crippen LogP contribution is -2.05. The summed E-state index contributed by atoms with van der Waals surface area (Å²) in [5.74, 6) is 1.24. The smallest absolute Gasteiger partial charge is 0.200 e. The second-order valence-electron chi connectivity index (χ2n) is 6.55. The molecule has 1 saturated carbocycles. The Bertz CT molecular complexity index is 937. The van der Waals surface area contributed by atoms with E-state index in [0.717, 1.165) is 24.3 Å². The van der Waals surface area contributed by atoms with E-state index in [2.05, 4.69) is 15.1 Å². The van der Waals surface area contributed by atoms with E-state index in [1.165, 1.54) is 6.07 Å². The van der Waals surface area contributed by atoms with Crippen LogP contribution in [0.1, 0.15) is 11.6 Å². The van der Waals surface area contributed by atoms with Gasteiger partial charge in [0.15, 0.2) is 5.65 Å². The molecule has 5 rings (SSSR count). The Hall–Kier alpha value is -2.18. The van der Waals surface area contributed by atoms with Crippen LogP contribution >= 0.6 is 11.6 Å². The summed E-state index contributed by atoms with van der Waals surface area (Å²) in [6, 6.07) is 3.72. The van der Waals surface area contributed by atoms with Crippen LogP contribution in [0.2, 0.25) is 5.02 Å². The summed E-state index contributed by atoms with van der Waals surface area (Å²) in [4.78, 5) is 9.06. The molecule has 1 aliphatic carbocycles. The fraction of sp³-hybridized carbons (Fsp3) is 0.353. The van der Waals surface area contributed by atoms with Gasteiger partial charge in [0.05, 0.1) is 37.3 Å². The third-order valence-corrected chi connectivity index (χ3v) is 5.21. The highest BCUT2D eigenvalue weighted by Crippen LogP contribution is 2.54. The number of phenolic OH excluding ortho intramolecular Hbond substituents is 1. The summed E-state index contributed by atoms with van der Waals surface area (Å²) in [7, 11) is 0. The predicted molar refractivity (Wildman–Crippen MR) is 89.0 cm³/mol. The van der Waals surface area contributed by atoms with Crippen molar-refractivity contribution in [1.29, 1.82) is 0 Å². The molecule has 1 N–H and O–H groups in total. The summed E-state index contributed by atoms with van der Waals surface area (Å²) in [6.45, 7) is 3.52. The third-order valence-electron chi connectivity index (χ3n) is 4.99. The van der Waals surface area contributed by atoms with Crippen LogP contribution in [0.25, 0.3) is 22.4 Å². The fourth-order valence-electron chi connectivity index (χ4n) is 3.75. The van der Waals surface area contributed by atoms with Gasteiger partial charge in [-0.05, 0) is 24.6 Å². The highest BCUT2D eigenvalue weighted by molar-refractivity contribution is 6.31. The Kier molecular flexibility index (Phi) is 2.90. The minimum absolute atomic E-state index is 0.0990. The van der Waals surface area contributed by atoms with Gasteiger partial charge in [-0.2, -0.15) is 5.10 Å². The first-order valence-corrected chi connectivity index (χ1v) is 8.29. The molecule has 0 radical (unpaired) electrons. The number of nitrogens with zero attached hydrogens (tertiary/aromatic N) is 4. The maximum atomic E-state index is 10.2. The van der Waals surface area contributed by atoms with Crippen molar-refractivity contribution in [2.45, 2.75) is 13.0 Å². The molecule has 3 heterocycles. The first-order valence-electron chi connectivity index (χ1n) is 7.91. The van der Waals surface area contributed by atoms with Crippen LogP contribution in [0.3, 0.4) is 0 Å². The lowest BCUT2D eigenvalue weighted by Gasteiger charge is -2.08. The van der Waals surface area contributed by atoms with Gasteiger partial charge < -0.3 is 9.84 Å². The van der Waals surface area contributed by atoms with E-state index < -0.39 is 0 Å². The van der Waals surface area contributed by atoms with Crippen molar-refractivity contribution >= 4 is 22.8 Å². The minimum Gasteiger partial charge on any atom is -0.507 e. The Labute approximate surface area is 143 Å². The monoisotopic (exact) mass is 342 g/mol. The zero-order valence-corrected chi connectivity index (χ0v) is 13.7. The second kappa shape index (κ2) is 4.91. The number of halogens is 1. The number of hydrogen-bond acceptors (Lipinski definition) is 5. The number of hydrogen-bond donors (Lipinski definition) is 1. The van der Waals surface area contributed by atoms with E-state index >= 15 is 0 Å². The van der Waals surface area contributed by atoms with Gasteiger partial charge in [-0.25, -0.2) is 9.97 Å². The summed E-state index contributed by atoms with van der Waals surface area (Å²) in [6.07, 6.45) is 3.62. The van der Waals surface area contributed by atoms with Crippen molar-refractivity contribution in [3.05, 3.63) is 35.1 Å². The molecule has 0 spiro atoms. The standard InChI is InChI=1S/C17H15ClN4O2/c1-8-2-9(18)3-14(23)15(8)12-4-19-13-5-22(21-17(13)20-12)16-10-6-24-7-11(10)16/h2-5,10-11,16,23H,6-7H2,1H3/t10-,11+,16?. The van der Waals surface area contributed by atoms with Crippen LogP contribution in [0.15, 0.2) is 24.5 Å². The van der Waals surface area contributed by atoms with E-state index in [4.69, 9.17) is 16.3 Å². The molecule has 24 heavy (non-hydrogen) atoms. The van der Waals surface area contributed by atoms with E-state index in [1.807, 2.05) is 17.8 Å². The van der Waals surface area contributed by atoms with Crippen LogP contribution in [-0.4, -0.2) is 38.1 Å². The molecule has 3 atom stereocenters. The van der Waals surface area contributed by atoms with Gasteiger partial charge in [0.25, 0.3) is 0 Å². The van der Waals surface area contributed by atoms with Crippen molar-refractivity contribution in [2.24, 2.45) is 11.8 Å². The minimum atomic E-state index is 0.0990. The molecular formula is C17H15ClN4O2. The molecule has 3 aromatic rings. The van der Waals surface area contributed by atoms with Gasteiger partial charge in [0, 0.05) is 22.4 Å². The lowest BCUT2D eigenvalue weighted by atomic mass is 10.0. The van der Waals surface area contributed by atoms with Gasteiger partial charge in [-0.15, -0.1) is 0 Å². The molecule has 1 aromatic carbocycles. The van der Waals surface area contributed by atoms with E-state index in [9.17, 15) is 5.11 Å². The summed E-state index contributed by atoms with van der Waals surface area (Å²) in [5, 5.41) is 15.3. The zero-order chi connectivity index (χ0) is 16.4. The SMILES string of the molecule is Cc1cc(Cl)cc(O)c1-c1cnc2cn(C3[C@H]4COC[C@@H]34)nc2n1. The number of rotatable bonds is 2.